The van der Waals surface area contributed by atoms with Crippen LogP contribution in [0.3, 0.4) is 0 Å². The van der Waals surface area contributed by atoms with Crippen molar-refractivity contribution in [2.75, 3.05) is 0 Å². The Balaban J connectivity index is 2.15. The molecule has 0 unspecified atom stereocenters. The Labute approximate surface area is 173 Å². The Kier molecular flexibility index (Phi) is 5.00. The van der Waals surface area contributed by atoms with Crippen molar-refractivity contribution in [2.45, 2.75) is 9.92 Å². The quantitative estimate of drug-likeness (QED) is 0.552. The van der Waals surface area contributed by atoms with Gasteiger partial charge in [-0.05, 0) is 29.8 Å². The van der Waals surface area contributed by atoms with Gasteiger partial charge in [-0.25, -0.2) is 13.1 Å². The van der Waals surface area contributed by atoms with Gasteiger partial charge in [-0.15, -0.1) is 0 Å². The smallest absolute Gasteiger partial charge is 0.226 e. The van der Waals surface area contributed by atoms with Gasteiger partial charge < -0.3 is 0 Å². The molecule has 30 heavy (non-hydrogen) atoms. The van der Waals surface area contributed by atoms with Crippen LogP contribution in [0.1, 0.15) is 5.56 Å². The summed E-state index contributed by atoms with van der Waals surface area (Å²) in [7, 11) is -4.06. The lowest BCUT2D eigenvalue weighted by Crippen LogP contribution is -2.28. The second kappa shape index (κ2) is 7.78. The predicted molar refractivity (Wildman–Crippen MR) is 111 cm³/mol. The summed E-state index contributed by atoms with van der Waals surface area (Å²) in [5, 5.41) is 22.5. The van der Waals surface area contributed by atoms with E-state index in [1.165, 1.54) is 16.8 Å². The zero-order valence-corrected chi connectivity index (χ0v) is 16.5. The lowest BCUT2D eigenvalue weighted by molar-refractivity contribution is 0.585. The standard InChI is InChI=1S/C23H16N4O2S/c24-16-20-21(17-10-4-1-5-11-17)23(30(28,29)19-14-8-3-9-15-19)26-27(22(20)25)18-12-6-2-7-13-18/h1-15,25H. The van der Waals surface area contributed by atoms with Crippen LogP contribution in [-0.2, 0) is 9.84 Å². The Bertz CT molecular complexity index is 1410. The number of aromatic nitrogens is 2. The third kappa shape index (κ3) is 3.30. The molecule has 0 saturated carbocycles. The van der Waals surface area contributed by atoms with Crippen molar-refractivity contribution in [3.05, 3.63) is 102 Å². The summed E-state index contributed by atoms with van der Waals surface area (Å²) in [6.45, 7) is 0. The highest BCUT2D eigenvalue weighted by atomic mass is 32.2. The van der Waals surface area contributed by atoms with Crippen LogP contribution in [-0.4, -0.2) is 18.2 Å². The van der Waals surface area contributed by atoms with Crippen LogP contribution in [0, 0.1) is 16.7 Å². The van der Waals surface area contributed by atoms with Gasteiger partial charge in [-0.2, -0.15) is 10.4 Å². The normalized spacial score (nSPS) is 11.0. The zero-order valence-electron chi connectivity index (χ0n) is 15.7. The van der Waals surface area contributed by atoms with Crippen molar-refractivity contribution in [3.63, 3.8) is 0 Å². The molecular weight excluding hydrogens is 396 g/mol. The first-order valence-corrected chi connectivity index (χ1v) is 10.6. The number of sulfone groups is 1. The summed E-state index contributed by atoms with van der Waals surface area (Å²) in [6, 6.07) is 27.4. The van der Waals surface area contributed by atoms with E-state index in [0.29, 0.717) is 11.3 Å². The van der Waals surface area contributed by atoms with Crippen LogP contribution < -0.4 is 5.49 Å². The van der Waals surface area contributed by atoms with Crippen molar-refractivity contribution in [3.8, 4) is 22.9 Å². The molecular formula is C23H16N4O2S. The molecule has 0 amide bonds. The summed E-state index contributed by atoms with van der Waals surface area (Å²) in [5.74, 6) is 0. The molecule has 0 aliphatic heterocycles. The molecule has 1 aromatic heterocycles. The third-order valence-corrected chi connectivity index (χ3v) is 6.27. The largest absolute Gasteiger partial charge is 0.282 e. The van der Waals surface area contributed by atoms with Gasteiger partial charge in [0, 0.05) is 5.56 Å². The van der Waals surface area contributed by atoms with Gasteiger partial charge in [0.05, 0.1) is 10.6 Å². The van der Waals surface area contributed by atoms with Crippen LogP contribution in [0.15, 0.2) is 101 Å². The van der Waals surface area contributed by atoms with E-state index in [9.17, 15) is 13.7 Å². The fourth-order valence-electron chi connectivity index (χ4n) is 3.16. The molecule has 0 atom stereocenters. The lowest BCUT2D eigenvalue weighted by atomic mass is 10.0. The van der Waals surface area contributed by atoms with Crippen molar-refractivity contribution in [1.29, 1.82) is 10.7 Å². The molecule has 7 heteroatoms. The number of hydrogen-bond donors (Lipinski definition) is 1. The van der Waals surface area contributed by atoms with Gasteiger partial charge in [0.1, 0.15) is 11.6 Å². The number of hydrogen-bond acceptors (Lipinski definition) is 5. The van der Waals surface area contributed by atoms with E-state index in [2.05, 4.69) is 5.10 Å². The maximum absolute atomic E-state index is 13.5. The molecule has 0 fully saturated rings. The van der Waals surface area contributed by atoms with Gasteiger partial charge in [-0.3, -0.25) is 5.41 Å². The van der Waals surface area contributed by atoms with Crippen LogP contribution in [0.2, 0.25) is 0 Å². The van der Waals surface area contributed by atoms with E-state index in [1.807, 2.05) is 6.07 Å². The number of nitrogens with zero attached hydrogens (tertiary/aromatic N) is 3. The summed E-state index contributed by atoms with van der Waals surface area (Å²) in [6.07, 6.45) is 0. The molecule has 0 aliphatic rings. The third-order valence-electron chi connectivity index (χ3n) is 4.59. The molecule has 1 heterocycles. The van der Waals surface area contributed by atoms with Crippen molar-refractivity contribution < 1.29 is 8.42 Å². The topological polar surface area (TPSA) is 99.6 Å². The molecule has 0 saturated heterocycles. The monoisotopic (exact) mass is 412 g/mol. The highest BCUT2D eigenvalue weighted by Gasteiger charge is 2.28. The summed E-state index contributed by atoms with van der Waals surface area (Å²) >= 11 is 0. The lowest BCUT2D eigenvalue weighted by Gasteiger charge is -2.16. The maximum Gasteiger partial charge on any atom is 0.226 e. The number of nitrogens with one attached hydrogen (secondary N) is 1. The average molecular weight is 412 g/mol. The number of para-hydroxylation sites is 1. The van der Waals surface area contributed by atoms with Crippen LogP contribution >= 0.6 is 0 Å². The zero-order chi connectivity index (χ0) is 21.1. The molecule has 0 radical (unpaired) electrons. The first-order chi connectivity index (χ1) is 14.5. The molecule has 6 nitrogen and oxygen atoms in total. The Morgan fingerprint density at radius 2 is 1.37 bits per heavy atom. The van der Waals surface area contributed by atoms with Gasteiger partial charge in [-0.1, -0.05) is 66.7 Å². The van der Waals surface area contributed by atoms with Crippen LogP contribution in [0.25, 0.3) is 16.8 Å². The molecule has 0 spiro atoms. The number of rotatable bonds is 4. The fraction of sp³-hybridized carbons (Fsp3) is 0. The molecule has 0 aliphatic carbocycles. The minimum Gasteiger partial charge on any atom is -0.282 e. The van der Waals surface area contributed by atoms with E-state index < -0.39 is 9.84 Å². The average Bonchev–Trinajstić information content (AvgIpc) is 2.80. The minimum atomic E-state index is -4.06. The van der Waals surface area contributed by atoms with E-state index in [1.54, 1.807) is 78.9 Å². The molecule has 0 bridgehead atoms. The molecule has 4 aromatic rings. The Morgan fingerprint density at radius 1 is 0.833 bits per heavy atom. The Morgan fingerprint density at radius 3 is 1.93 bits per heavy atom. The van der Waals surface area contributed by atoms with E-state index in [-0.39, 0.29) is 26.5 Å². The second-order valence-electron chi connectivity index (χ2n) is 6.45. The maximum atomic E-state index is 13.5. The van der Waals surface area contributed by atoms with Crippen molar-refractivity contribution in [1.82, 2.24) is 9.78 Å². The number of nitriles is 1. The second-order valence-corrected chi connectivity index (χ2v) is 8.31. The fourth-order valence-corrected chi connectivity index (χ4v) is 4.58. The molecule has 3 aromatic carbocycles. The first kappa shape index (κ1) is 19.3. The van der Waals surface area contributed by atoms with Gasteiger partial charge in [0.25, 0.3) is 0 Å². The van der Waals surface area contributed by atoms with Gasteiger partial charge in [0.2, 0.25) is 9.84 Å². The molecule has 146 valence electrons. The van der Waals surface area contributed by atoms with Gasteiger partial charge in [0.15, 0.2) is 10.5 Å². The summed E-state index contributed by atoms with van der Waals surface area (Å²) in [4.78, 5) is 0.0657. The van der Waals surface area contributed by atoms with Crippen LogP contribution in [0.4, 0.5) is 0 Å². The van der Waals surface area contributed by atoms with Crippen LogP contribution in [0.5, 0.6) is 0 Å². The molecule has 4 rings (SSSR count). The number of benzene rings is 3. The first-order valence-electron chi connectivity index (χ1n) is 9.07. The minimum absolute atomic E-state index is 0.0606. The summed E-state index contributed by atoms with van der Waals surface area (Å²) in [5.41, 5.74) is 0.871. The van der Waals surface area contributed by atoms with E-state index in [0.717, 1.165) is 0 Å². The molecule has 1 N–H and O–H groups in total. The van der Waals surface area contributed by atoms with E-state index in [4.69, 9.17) is 5.41 Å². The van der Waals surface area contributed by atoms with Gasteiger partial charge >= 0.3 is 0 Å². The highest BCUT2D eigenvalue weighted by molar-refractivity contribution is 7.91. The highest BCUT2D eigenvalue weighted by Crippen LogP contribution is 2.31. The van der Waals surface area contributed by atoms with Crippen molar-refractivity contribution in [2.24, 2.45) is 0 Å². The predicted octanol–water partition coefficient (Wildman–Crippen LogP) is 3.72. The SMILES string of the molecule is N#Cc1c(-c2ccccc2)c(S(=O)(=O)c2ccccc2)nn(-c2ccccc2)c1=N. The van der Waals surface area contributed by atoms with Crippen molar-refractivity contribution >= 4 is 9.84 Å². The Hall–Kier alpha value is -4.02. The summed E-state index contributed by atoms with van der Waals surface area (Å²) < 4.78 is 28.3. The van der Waals surface area contributed by atoms with E-state index >= 15 is 0 Å².